The molecule has 14 heavy (non-hydrogen) atoms. The lowest BCUT2D eigenvalue weighted by Gasteiger charge is -2.50. The molecule has 78 valence electrons. The van der Waals surface area contributed by atoms with Crippen molar-refractivity contribution < 1.29 is 4.79 Å². The molecule has 2 saturated carbocycles. The minimum Gasteiger partial charge on any atom is -0.299 e. The van der Waals surface area contributed by atoms with E-state index in [0.29, 0.717) is 17.6 Å². The van der Waals surface area contributed by atoms with Crippen molar-refractivity contribution in [1.29, 1.82) is 0 Å². The molecule has 0 atom stereocenters. The van der Waals surface area contributed by atoms with Gasteiger partial charge in [0.1, 0.15) is 5.78 Å². The van der Waals surface area contributed by atoms with Crippen LogP contribution in [-0.4, -0.2) is 5.78 Å². The highest BCUT2D eigenvalue weighted by molar-refractivity contribution is 5.91. The van der Waals surface area contributed by atoms with Crippen LogP contribution >= 0.6 is 0 Å². The van der Waals surface area contributed by atoms with Crippen molar-refractivity contribution in [3.8, 4) is 0 Å². The monoisotopic (exact) mass is 192 g/mol. The highest BCUT2D eigenvalue weighted by Crippen LogP contribution is 2.59. The molecule has 2 rings (SSSR count). The summed E-state index contributed by atoms with van der Waals surface area (Å²) in [5.41, 5.74) is 1.56. The van der Waals surface area contributed by atoms with Crippen molar-refractivity contribution in [2.45, 2.75) is 46.5 Å². The quantitative estimate of drug-likeness (QED) is 0.538. The number of carbonyl (C=O) groups is 1. The largest absolute Gasteiger partial charge is 0.299 e. The third-order valence-electron chi connectivity index (χ3n) is 4.09. The zero-order chi connectivity index (χ0) is 10.6. The molecule has 0 aliphatic heterocycles. The molecule has 0 bridgehead atoms. The molecule has 1 heteroatoms. The summed E-state index contributed by atoms with van der Waals surface area (Å²) < 4.78 is 0. The van der Waals surface area contributed by atoms with E-state index < -0.39 is 0 Å². The number of Topliss-reactive ketones (excluding diaryl/α,β-unsaturated/α-hetero) is 1. The third kappa shape index (κ3) is 1.34. The summed E-state index contributed by atoms with van der Waals surface area (Å²) in [6, 6.07) is 0. The number of rotatable bonds is 0. The maximum atomic E-state index is 11.8. The number of hydrogen-bond donors (Lipinski definition) is 0. The van der Waals surface area contributed by atoms with Gasteiger partial charge in [-0.05, 0) is 30.6 Å². The summed E-state index contributed by atoms with van der Waals surface area (Å²) in [7, 11) is 0. The van der Waals surface area contributed by atoms with E-state index in [1.54, 1.807) is 0 Å². The van der Waals surface area contributed by atoms with Gasteiger partial charge in [-0.2, -0.15) is 0 Å². The first kappa shape index (κ1) is 9.95. The average molecular weight is 192 g/mol. The van der Waals surface area contributed by atoms with Gasteiger partial charge in [-0.25, -0.2) is 0 Å². The smallest absolute Gasteiger partial charge is 0.143 e. The first-order valence-corrected chi connectivity index (χ1v) is 5.53. The first-order chi connectivity index (χ1) is 6.33. The molecule has 2 aliphatic carbocycles. The molecule has 1 spiro atoms. The zero-order valence-corrected chi connectivity index (χ0v) is 9.52. The molecule has 2 aliphatic rings. The van der Waals surface area contributed by atoms with Crippen LogP contribution in [0.2, 0.25) is 0 Å². The van der Waals surface area contributed by atoms with Gasteiger partial charge in [-0.15, -0.1) is 0 Å². The Balaban J connectivity index is 2.05. The van der Waals surface area contributed by atoms with Gasteiger partial charge in [-0.1, -0.05) is 32.9 Å². The van der Waals surface area contributed by atoms with Crippen molar-refractivity contribution in [3.63, 3.8) is 0 Å². The summed E-state index contributed by atoms with van der Waals surface area (Å²) in [6.45, 7) is 10.8. The summed E-state index contributed by atoms with van der Waals surface area (Å²) >= 11 is 0. The van der Waals surface area contributed by atoms with E-state index in [4.69, 9.17) is 0 Å². The molecule has 0 unspecified atom stereocenters. The van der Waals surface area contributed by atoms with Crippen LogP contribution in [0.15, 0.2) is 12.2 Å². The second kappa shape index (κ2) is 2.71. The number of ketones is 1. The Morgan fingerprint density at radius 2 is 1.93 bits per heavy atom. The number of allylic oxidation sites excluding steroid dienone is 1. The van der Waals surface area contributed by atoms with Crippen molar-refractivity contribution in [2.24, 2.45) is 16.7 Å². The van der Waals surface area contributed by atoms with Crippen LogP contribution in [0.1, 0.15) is 46.5 Å². The minimum absolute atomic E-state index is 0.0367. The predicted octanol–water partition coefficient (Wildman–Crippen LogP) is 3.35. The first-order valence-electron chi connectivity index (χ1n) is 5.53. The maximum Gasteiger partial charge on any atom is 0.143 e. The van der Waals surface area contributed by atoms with Gasteiger partial charge in [0, 0.05) is 11.8 Å². The van der Waals surface area contributed by atoms with E-state index in [0.717, 1.165) is 30.8 Å². The maximum absolute atomic E-state index is 11.8. The lowest BCUT2D eigenvalue weighted by molar-refractivity contribution is -0.136. The summed E-state index contributed by atoms with van der Waals surface area (Å²) in [4.78, 5) is 11.8. The number of hydrogen-bond acceptors (Lipinski definition) is 1. The molecule has 0 heterocycles. The Kier molecular flexibility index (Phi) is 1.93. The van der Waals surface area contributed by atoms with Gasteiger partial charge < -0.3 is 0 Å². The average Bonchev–Trinajstić information content (AvgIpc) is 2.19. The van der Waals surface area contributed by atoms with E-state index in [9.17, 15) is 4.79 Å². The van der Waals surface area contributed by atoms with E-state index >= 15 is 0 Å². The fourth-order valence-corrected chi connectivity index (χ4v) is 2.92. The summed E-state index contributed by atoms with van der Waals surface area (Å²) in [5.74, 6) is 1.19. The van der Waals surface area contributed by atoms with Crippen LogP contribution in [0, 0.1) is 16.7 Å². The standard InChI is InChI=1S/C13H20O/c1-9-5-11(14)13(6-9)7-10(8-13)12(2,3)4/h10H,1,5-8H2,2-4H3. The molecular formula is C13H20O. The van der Waals surface area contributed by atoms with Gasteiger partial charge >= 0.3 is 0 Å². The van der Waals surface area contributed by atoms with Crippen LogP contribution in [-0.2, 0) is 4.79 Å². The molecule has 1 nitrogen and oxygen atoms in total. The molecule has 0 aromatic heterocycles. The Morgan fingerprint density at radius 3 is 2.29 bits per heavy atom. The van der Waals surface area contributed by atoms with Crippen LogP contribution in [0.25, 0.3) is 0 Å². The van der Waals surface area contributed by atoms with Crippen molar-refractivity contribution in [3.05, 3.63) is 12.2 Å². The fourth-order valence-electron chi connectivity index (χ4n) is 2.92. The molecule has 0 saturated heterocycles. The van der Waals surface area contributed by atoms with Crippen LogP contribution in [0.5, 0.6) is 0 Å². The highest BCUT2D eigenvalue weighted by Gasteiger charge is 2.55. The minimum atomic E-state index is 0.0367. The van der Waals surface area contributed by atoms with E-state index in [1.165, 1.54) is 0 Å². The predicted molar refractivity (Wildman–Crippen MR) is 58.0 cm³/mol. The topological polar surface area (TPSA) is 17.1 Å². The summed E-state index contributed by atoms with van der Waals surface area (Å²) in [6.07, 6.45) is 3.83. The Labute approximate surface area is 86.6 Å². The van der Waals surface area contributed by atoms with E-state index in [1.807, 2.05) is 0 Å². The molecule has 0 aromatic carbocycles. The van der Waals surface area contributed by atoms with Crippen LogP contribution in [0.3, 0.4) is 0 Å². The lowest BCUT2D eigenvalue weighted by atomic mass is 9.53. The highest BCUT2D eigenvalue weighted by atomic mass is 16.1. The van der Waals surface area contributed by atoms with Gasteiger partial charge in [0.25, 0.3) is 0 Å². The van der Waals surface area contributed by atoms with Gasteiger partial charge in [0.2, 0.25) is 0 Å². The molecule has 0 amide bonds. The molecular weight excluding hydrogens is 172 g/mol. The van der Waals surface area contributed by atoms with Crippen molar-refractivity contribution >= 4 is 5.78 Å². The Hall–Kier alpha value is -0.590. The molecule has 0 N–H and O–H groups in total. The molecule has 0 radical (unpaired) electrons. The zero-order valence-electron chi connectivity index (χ0n) is 9.52. The normalized spacial score (nSPS) is 37.8. The Morgan fingerprint density at radius 1 is 1.36 bits per heavy atom. The van der Waals surface area contributed by atoms with Gasteiger partial charge in [-0.3, -0.25) is 4.79 Å². The van der Waals surface area contributed by atoms with Crippen molar-refractivity contribution in [2.75, 3.05) is 0 Å². The lowest BCUT2D eigenvalue weighted by Crippen LogP contribution is -2.45. The fraction of sp³-hybridized carbons (Fsp3) is 0.769. The van der Waals surface area contributed by atoms with Crippen molar-refractivity contribution in [1.82, 2.24) is 0 Å². The second-order valence-electron chi connectivity index (χ2n) is 6.28. The molecule has 0 aromatic rings. The van der Waals surface area contributed by atoms with E-state index in [-0.39, 0.29) is 5.41 Å². The van der Waals surface area contributed by atoms with Gasteiger partial charge in [0.15, 0.2) is 0 Å². The van der Waals surface area contributed by atoms with E-state index in [2.05, 4.69) is 27.4 Å². The van der Waals surface area contributed by atoms with Gasteiger partial charge in [0.05, 0.1) is 0 Å². The SMILES string of the molecule is C=C1CC(=O)C2(C1)CC(C(C)(C)C)C2. The second-order valence-corrected chi connectivity index (χ2v) is 6.28. The summed E-state index contributed by atoms with van der Waals surface area (Å²) in [5, 5.41) is 0. The van der Waals surface area contributed by atoms with Crippen LogP contribution < -0.4 is 0 Å². The number of carbonyl (C=O) groups excluding carboxylic acids is 1. The van der Waals surface area contributed by atoms with Crippen LogP contribution in [0.4, 0.5) is 0 Å². The Bertz CT molecular complexity index is 287. The third-order valence-corrected chi connectivity index (χ3v) is 4.09. The molecule has 2 fully saturated rings.